The van der Waals surface area contributed by atoms with Crippen LogP contribution in [0.4, 0.5) is 4.79 Å². The van der Waals surface area contributed by atoms with Crippen molar-refractivity contribution in [2.24, 2.45) is 0 Å². The molecule has 0 bridgehead atoms. The zero-order chi connectivity index (χ0) is 16.7. The van der Waals surface area contributed by atoms with Gasteiger partial charge in [0.2, 0.25) is 0 Å². The topological polar surface area (TPSA) is 50.4 Å². The van der Waals surface area contributed by atoms with Gasteiger partial charge in [0.1, 0.15) is 5.60 Å². The molecule has 2 rings (SSSR count). The highest BCUT2D eigenvalue weighted by atomic mass is 16.6. The molecular formula is C19H34N2O2. The zero-order valence-corrected chi connectivity index (χ0v) is 15.1. The average Bonchev–Trinajstić information content (AvgIpc) is 2.48. The highest BCUT2D eigenvalue weighted by Gasteiger charge is 2.24. The van der Waals surface area contributed by atoms with E-state index in [0.717, 1.165) is 32.2 Å². The van der Waals surface area contributed by atoms with Gasteiger partial charge in [-0.1, -0.05) is 11.6 Å². The van der Waals surface area contributed by atoms with Crippen molar-refractivity contribution < 1.29 is 9.53 Å². The largest absolute Gasteiger partial charge is 0.444 e. The van der Waals surface area contributed by atoms with E-state index in [1.54, 1.807) is 5.57 Å². The molecule has 4 nitrogen and oxygen atoms in total. The van der Waals surface area contributed by atoms with Crippen molar-refractivity contribution in [2.75, 3.05) is 6.54 Å². The molecule has 1 saturated carbocycles. The van der Waals surface area contributed by atoms with Gasteiger partial charge in [0.15, 0.2) is 0 Å². The minimum absolute atomic E-state index is 0.268. The van der Waals surface area contributed by atoms with E-state index in [-0.39, 0.29) is 12.1 Å². The Morgan fingerprint density at radius 2 is 1.87 bits per heavy atom. The van der Waals surface area contributed by atoms with Crippen LogP contribution in [0.5, 0.6) is 0 Å². The second-order valence-electron chi connectivity index (χ2n) is 8.01. The predicted octanol–water partition coefficient (Wildman–Crippen LogP) is 4.30. The molecule has 2 N–H and O–H groups in total. The Kier molecular flexibility index (Phi) is 6.94. The van der Waals surface area contributed by atoms with E-state index in [1.165, 1.54) is 32.1 Å². The first-order chi connectivity index (χ1) is 10.9. The summed E-state index contributed by atoms with van der Waals surface area (Å²) in [5.41, 5.74) is 1.22. The van der Waals surface area contributed by atoms with Crippen LogP contribution in [0, 0.1) is 0 Å². The number of hydrogen-bond donors (Lipinski definition) is 2. The van der Waals surface area contributed by atoms with Gasteiger partial charge in [-0.2, -0.15) is 0 Å². The molecular weight excluding hydrogens is 288 g/mol. The maximum absolute atomic E-state index is 11.8. The van der Waals surface area contributed by atoms with Gasteiger partial charge in [-0.05, 0) is 85.1 Å². The van der Waals surface area contributed by atoms with E-state index in [0.29, 0.717) is 6.04 Å². The van der Waals surface area contributed by atoms with Crippen molar-refractivity contribution in [3.05, 3.63) is 11.6 Å². The number of allylic oxidation sites excluding steroid dienone is 1. The van der Waals surface area contributed by atoms with E-state index in [2.05, 4.69) is 16.7 Å². The highest BCUT2D eigenvalue weighted by molar-refractivity contribution is 5.68. The number of rotatable bonds is 5. The number of alkyl carbamates (subject to hydrolysis) is 1. The van der Waals surface area contributed by atoms with Gasteiger partial charge in [0.25, 0.3) is 0 Å². The smallest absolute Gasteiger partial charge is 0.407 e. The van der Waals surface area contributed by atoms with Gasteiger partial charge in [-0.15, -0.1) is 0 Å². The van der Waals surface area contributed by atoms with E-state index >= 15 is 0 Å². The lowest BCUT2D eigenvalue weighted by Gasteiger charge is -2.30. The molecule has 23 heavy (non-hydrogen) atoms. The number of hydrogen-bond acceptors (Lipinski definition) is 3. The first kappa shape index (κ1) is 18.3. The summed E-state index contributed by atoms with van der Waals surface area (Å²) in [5.74, 6) is 0. The Balaban J connectivity index is 1.58. The summed E-state index contributed by atoms with van der Waals surface area (Å²) < 4.78 is 5.33. The van der Waals surface area contributed by atoms with Gasteiger partial charge in [-0.3, -0.25) is 0 Å². The SMILES string of the molecule is CC(C)(C)OC(=O)NC1CCC(NCCC2=CCCCC2)CC1. The second-order valence-corrected chi connectivity index (χ2v) is 8.01. The van der Waals surface area contributed by atoms with E-state index in [9.17, 15) is 4.79 Å². The Morgan fingerprint density at radius 3 is 2.48 bits per heavy atom. The standard InChI is InChI=1S/C19H34N2O2/c1-19(2,3)23-18(22)21-17-11-9-16(10-12-17)20-14-13-15-7-5-4-6-8-15/h7,16-17,20H,4-6,8-14H2,1-3H3,(H,21,22). The molecule has 0 aromatic rings. The summed E-state index contributed by atoms with van der Waals surface area (Å²) in [5, 5.41) is 6.70. The average molecular weight is 322 g/mol. The van der Waals surface area contributed by atoms with Crippen LogP contribution in [-0.4, -0.2) is 30.3 Å². The van der Waals surface area contributed by atoms with Gasteiger partial charge in [-0.25, -0.2) is 4.79 Å². The molecule has 1 fully saturated rings. The number of nitrogens with one attached hydrogen (secondary N) is 2. The summed E-state index contributed by atoms with van der Waals surface area (Å²) in [6.45, 7) is 6.79. The number of amides is 1. The normalized spacial score (nSPS) is 25.6. The minimum Gasteiger partial charge on any atom is -0.444 e. The van der Waals surface area contributed by atoms with Crippen LogP contribution in [0.15, 0.2) is 11.6 Å². The fourth-order valence-corrected chi connectivity index (χ4v) is 3.48. The van der Waals surface area contributed by atoms with Crippen molar-refractivity contribution in [3.8, 4) is 0 Å². The molecule has 0 unspecified atom stereocenters. The van der Waals surface area contributed by atoms with Gasteiger partial charge in [0.05, 0.1) is 0 Å². The summed E-state index contributed by atoms with van der Waals surface area (Å²) in [6.07, 6.45) is 13.0. The lowest BCUT2D eigenvalue weighted by Crippen LogP contribution is -2.44. The third-order valence-electron chi connectivity index (χ3n) is 4.71. The zero-order valence-electron chi connectivity index (χ0n) is 15.1. The van der Waals surface area contributed by atoms with Crippen LogP contribution in [0.1, 0.15) is 78.6 Å². The molecule has 132 valence electrons. The highest BCUT2D eigenvalue weighted by Crippen LogP contribution is 2.21. The van der Waals surface area contributed by atoms with E-state index in [4.69, 9.17) is 4.74 Å². The Hall–Kier alpha value is -1.03. The maximum Gasteiger partial charge on any atom is 0.407 e. The lowest BCUT2D eigenvalue weighted by atomic mass is 9.91. The van der Waals surface area contributed by atoms with Crippen molar-refractivity contribution in [3.63, 3.8) is 0 Å². The maximum atomic E-state index is 11.8. The lowest BCUT2D eigenvalue weighted by molar-refractivity contribution is 0.0490. The Bertz CT molecular complexity index is 404. The second kappa shape index (κ2) is 8.72. The third kappa shape index (κ3) is 7.38. The molecule has 2 aliphatic carbocycles. The fourth-order valence-electron chi connectivity index (χ4n) is 3.48. The van der Waals surface area contributed by atoms with Crippen molar-refractivity contribution in [2.45, 2.75) is 96.2 Å². The van der Waals surface area contributed by atoms with Crippen LogP contribution in [0.2, 0.25) is 0 Å². The van der Waals surface area contributed by atoms with Gasteiger partial charge >= 0.3 is 6.09 Å². The summed E-state index contributed by atoms with van der Waals surface area (Å²) in [4.78, 5) is 11.8. The summed E-state index contributed by atoms with van der Waals surface area (Å²) in [6, 6.07) is 0.875. The van der Waals surface area contributed by atoms with Crippen molar-refractivity contribution >= 4 is 6.09 Å². The molecule has 0 spiro atoms. The number of carbonyl (C=O) groups excluding carboxylic acids is 1. The van der Waals surface area contributed by atoms with Gasteiger partial charge in [0, 0.05) is 12.1 Å². The van der Waals surface area contributed by atoms with E-state index < -0.39 is 5.60 Å². The van der Waals surface area contributed by atoms with E-state index in [1.807, 2.05) is 20.8 Å². The first-order valence-electron chi connectivity index (χ1n) is 9.33. The quantitative estimate of drug-likeness (QED) is 0.742. The number of carbonyl (C=O) groups is 1. The third-order valence-corrected chi connectivity index (χ3v) is 4.71. The minimum atomic E-state index is -0.420. The van der Waals surface area contributed by atoms with Crippen molar-refractivity contribution in [1.82, 2.24) is 10.6 Å². The molecule has 0 aromatic heterocycles. The van der Waals surface area contributed by atoms with Crippen LogP contribution >= 0.6 is 0 Å². The fraction of sp³-hybridized carbons (Fsp3) is 0.842. The predicted molar refractivity (Wildman–Crippen MR) is 94.6 cm³/mol. The summed E-state index contributed by atoms with van der Waals surface area (Å²) >= 11 is 0. The first-order valence-corrected chi connectivity index (χ1v) is 9.33. The molecule has 0 aliphatic heterocycles. The van der Waals surface area contributed by atoms with Crippen LogP contribution in [-0.2, 0) is 4.74 Å². The number of ether oxygens (including phenoxy) is 1. The Morgan fingerprint density at radius 1 is 1.17 bits per heavy atom. The van der Waals surface area contributed by atoms with Crippen molar-refractivity contribution in [1.29, 1.82) is 0 Å². The van der Waals surface area contributed by atoms with Crippen LogP contribution in [0.3, 0.4) is 0 Å². The van der Waals surface area contributed by atoms with Crippen LogP contribution in [0.25, 0.3) is 0 Å². The molecule has 1 amide bonds. The molecule has 0 atom stereocenters. The van der Waals surface area contributed by atoms with Gasteiger partial charge < -0.3 is 15.4 Å². The molecule has 0 radical (unpaired) electrons. The molecule has 0 aromatic carbocycles. The monoisotopic (exact) mass is 322 g/mol. The molecule has 0 saturated heterocycles. The molecule has 4 heteroatoms. The van der Waals surface area contributed by atoms with Crippen LogP contribution < -0.4 is 10.6 Å². The Labute approximate surface area is 141 Å². The molecule has 2 aliphatic rings. The summed E-state index contributed by atoms with van der Waals surface area (Å²) in [7, 11) is 0. The molecule has 0 heterocycles.